The second-order valence-corrected chi connectivity index (χ2v) is 8.13. The third-order valence-electron chi connectivity index (χ3n) is 3.53. The van der Waals surface area contributed by atoms with Crippen molar-refractivity contribution in [3.63, 3.8) is 0 Å². The standard InChI is InChI=1S/C15H21ClN2O5S/c1-4-9-15(2,14(20)21)17-13(19)10-18(3)24(22,23)12-7-5-11(16)6-8-12/h5-8H,4,9-10H2,1-3H3,(H,17,19)(H,20,21). The van der Waals surface area contributed by atoms with E-state index in [0.29, 0.717) is 11.4 Å². The van der Waals surface area contributed by atoms with Crippen LogP contribution in [0, 0.1) is 0 Å². The van der Waals surface area contributed by atoms with E-state index in [1.807, 2.05) is 0 Å². The average Bonchev–Trinajstić information content (AvgIpc) is 2.47. The van der Waals surface area contributed by atoms with Crippen molar-refractivity contribution in [3.05, 3.63) is 29.3 Å². The summed E-state index contributed by atoms with van der Waals surface area (Å²) in [5.41, 5.74) is -1.43. The molecule has 0 heterocycles. The first-order valence-electron chi connectivity index (χ1n) is 7.29. The van der Waals surface area contributed by atoms with Gasteiger partial charge in [-0.15, -0.1) is 0 Å². The lowest BCUT2D eigenvalue weighted by Gasteiger charge is -2.27. The normalized spacial score (nSPS) is 14.2. The minimum atomic E-state index is -3.87. The zero-order valence-electron chi connectivity index (χ0n) is 13.7. The van der Waals surface area contributed by atoms with Gasteiger partial charge in [0.15, 0.2) is 0 Å². The van der Waals surface area contributed by atoms with Crippen LogP contribution in [0.3, 0.4) is 0 Å². The van der Waals surface area contributed by atoms with E-state index < -0.39 is 34.0 Å². The largest absolute Gasteiger partial charge is 0.480 e. The lowest BCUT2D eigenvalue weighted by Crippen LogP contribution is -2.54. The maximum Gasteiger partial charge on any atom is 0.329 e. The Hall–Kier alpha value is -1.64. The molecule has 1 aromatic rings. The predicted molar refractivity (Wildman–Crippen MR) is 90.4 cm³/mol. The van der Waals surface area contributed by atoms with Crippen molar-refractivity contribution in [3.8, 4) is 0 Å². The van der Waals surface area contributed by atoms with E-state index in [4.69, 9.17) is 11.6 Å². The molecule has 7 nitrogen and oxygen atoms in total. The van der Waals surface area contributed by atoms with E-state index in [9.17, 15) is 23.1 Å². The molecule has 0 aromatic heterocycles. The summed E-state index contributed by atoms with van der Waals surface area (Å²) < 4.78 is 25.6. The fourth-order valence-corrected chi connectivity index (χ4v) is 3.40. The Morgan fingerprint density at radius 1 is 1.29 bits per heavy atom. The van der Waals surface area contributed by atoms with Crippen molar-refractivity contribution in [1.29, 1.82) is 0 Å². The van der Waals surface area contributed by atoms with Crippen LogP contribution in [0.5, 0.6) is 0 Å². The number of rotatable bonds is 8. The number of halogens is 1. The van der Waals surface area contributed by atoms with Gasteiger partial charge in [0.25, 0.3) is 0 Å². The Kier molecular flexibility index (Phi) is 6.76. The second kappa shape index (κ2) is 7.96. The molecule has 24 heavy (non-hydrogen) atoms. The van der Waals surface area contributed by atoms with Crippen LogP contribution in [0.25, 0.3) is 0 Å². The molecular weight excluding hydrogens is 356 g/mol. The molecule has 1 rings (SSSR count). The minimum absolute atomic E-state index is 0.00301. The van der Waals surface area contributed by atoms with Crippen LogP contribution in [0.4, 0.5) is 0 Å². The number of carbonyl (C=O) groups excluding carboxylic acids is 1. The number of sulfonamides is 1. The van der Waals surface area contributed by atoms with Gasteiger partial charge in [-0.25, -0.2) is 13.2 Å². The number of nitrogens with one attached hydrogen (secondary N) is 1. The summed E-state index contributed by atoms with van der Waals surface area (Å²) in [6.45, 7) is 2.70. The molecule has 2 N–H and O–H groups in total. The van der Waals surface area contributed by atoms with Crippen molar-refractivity contribution >= 4 is 33.5 Å². The molecule has 1 amide bonds. The van der Waals surface area contributed by atoms with Gasteiger partial charge in [-0.2, -0.15) is 4.31 Å². The fraction of sp³-hybridized carbons (Fsp3) is 0.467. The van der Waals surface area contributed by atoms with Gasteiger partial charge in [-0.3, -0.25) is 4.79 Å². The lowest BCUT2D eigenvalue weighted by molar-refractivity contribution is -0.147. The summed E-state index contributed by atoms with van der Waals surface area (Å²) in [4.78, 5) is 23.4. The summed E-state index contributed by atoms with van der Waals surface area (Å²) in [6, 6.07) is 5.55. The monoisotopic (exact) mass is 376 g/mol. The van der Waals surface area contributed by atoms with Crippen LogP contribution < -0.4 is 5.32 Å². The maximum atomic E-state index is 12.4. The van der Waals surface area contributed by atoms with E-state index in [0.717, 1.165) is 4.31 Å². The van der Waals surface area contributed by atoms with Gasteiger partial charge in [0.05, 0.1) is 11.4 Å². The maximum absolute atomic E-state index is 12.4. The number of likely N-dealkylation sites (N-methyl/N-ethyl adjacent to an activating group) is 1. The number of nitrogens with zero attached hydrogens (tertiary/aromatic N) is 1. The predicted octanol–water partition coefficient (Wildman–Crippen LogP) is 1.72. The number of hydrogen-bond acceptors (Lipinski definition) is 4. The molecule has 0 saturated carbocycles. The van der Waals surface area contributed by atoms with Crippen LogP contribution in [0.2, 0.25) is 5.02 Å². The zero-order chi connectivity index (χ0) is 18.5. The SMILES string of the molecule is CCCC(C)(NC(=O)CN(C)S(=O)(=O)c1ccc(Cl)cc1)C(=O)O. The number of aliphatic carboxylic acids is 1. The Morgan fingerprint density at radius 3 is 2.29 bits per heavy atom. The van der Waals surface area contributed by atoms with Crippen molar-refractivity contribution in [2.45, 2.75) is 37.1 Å². The number of carboxylic acid groups (broad SMARTS) is 1. The number of carbonyl (C=O) groups is 2. The van der Waals surface area contributed by atoms with Crippen LogP contribution in [0.15, 0.2) is 29.2 Å². The topological polar surface area (TPSA) is 104 Å². The molecule has 0 saturated heterocycles. The molecule has 0 fully saturated rings. The second-order valence-electron chi connectivity index (χ2n) is 5.65. The smallest absolute Gasteiger partial charge is 0.329 e. The first-order chi connectivity index (χ1) is 11.0. The van der Waals surface area contributed by atoms with Gasteiger partial charge in [0, 0.05) is 12.1 Å². The highest BCUT2D eigenvalue weighted by atomic mass is 35.5. The summed E-state index contributed by atoms with van der Waals surface area (Å²) >= 11 is 5.73. The summed E-state index contributed by atoms with van der Waals surface area (Å²) in [7, 11) is -2.62. The van der Waals surface area contributed by atoms with E-state index >= 15 is 0 Å². The van der Waals surface area contributed by atoms with Crippen LogP contribution in [0.1, 0.15) is 26.7 Å². The molecule has 0 aliphatic rings. The molecule has 0 aliphatic carbocycles. The third-order valence-corrected chi connectivity index (χ3v) is 5.60. The summed E-state index contributed by atoms with van der Waals surface area (Å²) in [6.07, 6.45) is 0.795. The number of amides is 1. The minimum Gasteiger partial charge on any atom is -0.480 e. The first kappa shape index (κ1) is 20.4. The van der Waals surface area contributed by atoms with Gasteiger partial charge in [-0.05, 0) is 37.6 Å². The Morgan fingerprint density at radius 2 is 1.83 bits per heavy atom. The highest BCUT2D eigenvalue weighted by Crippen LogP contribution is 2.18. The Labute approximate surface area is 146 Å². The molecule has 0 radical (unpaired) electrons. The third kappa shape index (κ3) is 4.93. The quantitative estimate of drug-likeness (QED) is 0.718. The Bertz CT molecular complexity index is 705. The number of benzene rings is 1. The molecule has 134 valence electrons. The molecule has 1 unspecified atom stereocenters. The first-order valence-corrected chi connectivity index (χ1v) is 9.11. The molecule has 9 heteroatoms. The van der Waals surface area contributed by atoms with Gasteiger partial charge in [0.2, 0.25) is 15.9 Å². The average molecular weight is 377 g/mol. The number of hydrogen-bond donors (Lipinski definition) is 2. The highest BCUT2D eigenvalue weighted by molar-refractivity contribution is 7.89. The van der Waals surface area contributed by atoms with Gasteiger partial charge in [-0.1, -0.05) is 24.9 Å². The molecule has 1 atom stereocenters. The van der Waals surface area contributed by atoms with Crippen molar-refractivity contribution in [2.24, 2.45) is 0 Å². The summed E-state index contributed by atoms with van der Waals surface area (Å²) in [5.74, 6) is -1.85. The molecule has 0 spiro atoms. The van der Waals surface area contributed by atoms with Crippen molar-refractivity contribution < 1.29 is 23.1 Å². The lowest BCUT2D eigenvalue weighted by atomic mass is 9.96. The van der Waals surface area contributed by atoms with Gasteiger partial charge in [0.1, 0.15) is 5.54 Å². The van der Waals surface area contributed by atoms with E-state index in [-0.39, 0.29) is 11.3 Å². The fourth-order valence-electron chi connectivity index (χ4n) is 2.14. The van der Waals surface area contributed by atoms with E-state index in [1.54, 1.807) is 6.92 Å². The van der Waals surface area contributed by atoms with Crippen molar-refractivity contribution in [2.75, 3.05) is 13.6 Å². The van der Waals surface area contributed by atoms with Gasteiger partial charge < -0.3 is 10.4 Å². The molecule has 0 bridgehead atoms. The van der Waals surface area contributed by atoms with Crippen molar-refractivity contribution in [1.82, 2.24) is 9.62 Å². The van der Waals surface area contributed by atoms with Crippen LogP contribution in [-0.2, 0) is 19.6 Å². The molecule has 0 aliphatic heterocycles. The summed E-state index contributed by atoms with van der Waals surface area (Å²) in [5, 5.41) is 12.0. The molecular formula is C15H21ClN2O5S. The van der Waals surface area contributed by atoms with E-state index in [2.05, 4.69) is 5.32 Å². The van der Waals surface area contributed by atoms with Crippen LogP contribution >= 0.6 is 11.6 Å². The van der Waals surface area contributed by atoms with Crippen LogP contribution in [-0.4, -0.2) is 48.8 Å². The molecule has 1 aromatic carbocycles. The zero-order valence-corrected chi connectivity index (χ0v) is 15.3. The van der Waals surface area contributed by atoms with Gasteiger partial charge >= 0.3 is 5.97 Å². The van der Waals surface area contributed by atoms with E-state index in [1.165, 1.54) is 38.2 Å². The Balaban J connectivity index is 2.86. The highest BCUT2D eigenvalue weighted by Gasteiger charge is 2.34. The number of carboxylic acids is 1.